The van der Waals surface area contributed by atoms with Crippen LogP contribution in [0.15, 0.2) is 0 Å². The van der Waals surface area contributed by atoms with Gasteiger partial charge in [-0.1, -0.05) is 6.42 Å². The van der Waals surface area contributed by atoms with E-state index in [0.29, 0.717) is 11.8 Å². The Balaban J connectivity index is 1.79. The van der Waals surface area contributed by atoms with Crippen molar-refractivity contribution < 1.29 is 14.7 Å². The lowest BCUT2D eigenvalue weighted by Crippen LogP contribution is -2.40. The molecule has 2 saturated carbocycles. The van der Waals surface area contributed by atoms with Crippen LogP contribution in [0.5, 0.6) is 0 Å². The quantitative estimate of drug-likeness (QED) is 0.757. The van der Waals surface area contributed by atoms with Gasteiger partial charge in [-0.25, -0.2) is 0 Å². The number of carboxylic acid groups (broad SMARTS) is 1. The zero-order valence-electron chi connectivity index (χ0n) is 9.82. The van der Waals surface area contributed by atoms with Crippen molar-refractivity contribution in [3.63, 3.8) is 0 Å². The third-order valence-corrected chi connectivity index (χ3v) is 3.99. The number of carbonyl (C=O) groups is 2. The Morgan fingerprint density at radius 1 is 1.31 bits per heavy atom. The van der Waals surface area contributed by atoms with Crippen molar-refractivity contribution in [3.05, 3.63) is 0 Å². The molecule has 0 saturated heterocycles. The van der Waals surface area contributed by atoms with Gasteiger partial charge in [-0.2, -0.15) is 0 Å². The Hall–Kier alpha value is -1.06. The molecule has 1 amide bonds. The Morgan fingerprint density at radius 2 is 1.88 bits per heavy atom. The lowest BCUT2D eigenvalue weighted by Gasteiger charge is -2.19. The summed E-state index contributed by atoms with van der Waals surface area (Å²) in [6.45, 7) is 3.48. The highest BCUT2D eigenvalue weighted by Crippen LogP contribution is 2.57. The number of hydrogen-bond donors (Lipinski definition) is 2. The molecular weight excluding hydrogens is 206 g/mol. The molecule has 90 valence electrons. The molecule has 2 aliphatic carbocycles. The molecule has 4 nitrogen and oxygen atoms in total. The summed E-state index contributed by atoms with van der Waals surface area (Å²) in [7, 11) is 0. The molecule has 16 heavy (non-hydrogen) atoms. The third kappa shape index (κ3) is 1.93. The molecule has 0 bridgehead atoms. The van der Waals surface area contributed by atoms with Gasteiger partial charge in [-0.15, -0.1) is 0 Å². The highest BCUT2D eigenvalue weighted by atomic mass is 16.4. The third-order valence-electron chi connectivity index (χ3n) is 3.99. The fourth-order valence-corrected chi connectivity index (χ4v) is 2.71. The van der Waals surface area contributed by atoms with Crippen LogP contribution in [0.3, 0.4) is 0 Å². The zero-order valence-corrected chi connectivity index (χ0v) is 9.82. The van der Waals surface area contributed by atoms with E-state index >= 15 is 0 Å². The molecule has 2 rings (SSSR count). The summed E-state index contributed by atoms with van der Waals surface area (Å²) in [4.78, 5) is 22.6. The van der Waals surface area contributed by atoms with Gasteiger partial charge < -0.3 is 10.4 Å². The summed E-state index contributed by atoms with van der Waals surface area (Å²) in [6, 6.07) is 0. The smallest absolute Gasteiger partial charge is 0.310 e. The summed E-state index contributed by atoms with van der Waals surface area (Å²) >= 11 is 0. The molecular formula is C12H19NO3. The number of aliphatic carboxylic acids is 1. The van der Waals surface area contributed by atoms with Crippen molar-refractivity contribution in [2.24, 2.45) is 23.2 Å². The number of amides is 1. The van der Waals surface area contributed by atoms with E-state index in [2.05, 4.69) is 5.32 Å². The van der Waals surface area contributed by atoms with Crippen LogP contribution < -0.4 is 5.32 Å². The minimum Gasteiger partial charge on any atom is -0.481 e. The molecule has 2 N–H and O–H groups in total. The number of rotatable bonds is 4. The molecule has 0 aliphatic heterocycles. The van der Waals surface area contributed by atoms with Crippen LogP contribution >= 0.6 is 0 Å². The molecule has 2 aliphatic rings. The Morgan fingerprint density at radius 3 is 2.38 bits per heavy atom. The normalized spacial score (nSPS) is 32.0. The molecule has 2 fully saturated rings. The van der Waals surface area contributed by atoms with Gasteiger partial charge in [-0.3, -0.25) is 9.59 Å². The molecule has 4 heteroatoms. The first-order valence-electron chi connectivity index (χ1n) is 5.94. The van der Waals surface area contributed by atoms with Crippen molar-refractivity contribution in [1.29, 1.82) is 0 Å². The molecule has 0 radical (unpaired) electrons. The van der Waals surface area contributed by atoms with Gasteiger partial charge in [0.05, 0.1) is 5.41 Å². The topological polar surface area (TPSA) is 66.4 Å². The van der Waals surface area contributed by atoms with Crippen molar-refractivity contribution in [2.75, 3.05) is 6.54 Å². The predicted molar refractivity (Wildman–Crippen MR) is 58.7 cm³/mol. The van der Waals surface area contributed by atoms with E-state index in [1.165, 1.54) is 19.3 Å². The summed E-state index contributed by atoms with van der Waals surface area (Å²) < 4.78 is 0. The summed E-state index contributed by atoms with van der Waals surface area (Å²) in [5, 5.41) is 11.7. The van der Waals surface area contributed by atoms with Crippen molar-refractivity contribution >= 4 is 11.9 Å². The SMILES string of the molecule is CC(C)(CNC(=O)C1C2CCCC21)C(=O)O. The average Bonchev–Trinajstić information content (AvgIpc) is 2.68. The number of fused-ring (bicyclic) bond motifs is 1. The van der Waals surface area contributed by atoms with Crippen molar-refractivity contribution in [1.82, 2.24) is 5.32 Å². The standard InChI is InChI=1S/C12H19NO3/c1-12(2,11(15)16)6-13-10(14)9-7-4-3-5-8(7)9/h7-9H,3-6H2,1-2H3,(H,13,14)(H,15,16). The second kappa shape index (κ2) is 3.75. The van der Waals surface area contributed by atoms with Crippen molar-refractivity contribution in [3.8, 4) is 0 Å². The number of nitrogens with one attached hydrogen (secondary N) is 1. The fourth-order valence-electron chi connectivity index (χ4n) is 2.71. The molecule has 0 aromatic carbocycles. The molecule has 0 aromatic heterocycles. The van der Waals surface area contributed by atoms with Gasteiger partial charge in [0, 0.05) is 12.5 Å². The summed E-state index contributed by atoms with van der Waals surface area (Å²) in [5.41, 5.74) is -0.875. The van der Waals surface area contributed by atoms with Crippen LogP contribution in [0, 0.1) is 23.2 Å². The highest BCUT2D eigenvalue weighted by molar-refractivity contribution is 5.83. The fraction of sp³-hybridized carbons (Fsp3) is 0.833. The van der Waals surface area contributed by atoms with E-state index in [1.54, 1.807) is 13.8 Å². The average molecular weight is 225 g/mol. The minimum atomic E-state index is -0.875. The van der Waals surface area contributed by atoms with E-state index in [-0.39, 0.29) is 18.4 Å². The Kier molecular flexibility index (Phi) is 2.68. The van der Waals surface area contributed by atoms with E-state index in [4.69, 9.17) is 5.11 Å². The molecule has 2 atom stereocenters. The largest absolute Gasteiger partial charge is 0.481 e. The molecule has 0 aromatic rings. The van der Waals surface area contributed by atoms with E-state index in [1.807, 2.05) is 0 Å². The first-order chi connectivity index (χ1) is 7.43. The van der Waals surface area contributed by atoms with Crippen molar-refractivity contribution in [2.45, 2.75) is 33.1 Å². The monoisotopic (exact) mass is 225 g/mol. The van der Waals surface area contributed by atoms with Crippen LogP contribution in [0.2, 0.25) is 0 Å². The highest BCUT2D eigenvalue weighted by Gasteiger charge is 2.56. The maximum absolute atomic E-state index is 11.8. The maximum atomic E-state index is 11.8. The molecule has 2 unspecified atom stereocenters. The molecule has 0 spiro atoms. The first kappa shape index (κ1) is 11.4. The summed E-state index contributed by atoms with van der Waals surface area (Å²) in [5.74, 6) is 0.548. The number of hydrogen-bond acceptors (Lipinski definition) is 2. The van der Waals surface area contributed by atoms with Gasteiger partial charge in [0.25, 0.3) is 0 Å². The molecule has 0 heterocycles. The zero-order chi connectivity index (χ0) is 11.9. The van der Waals surface area contributed by atoms with E-state index in [0.717, 1.165) is 0 Å². The second-order valence-corrected chi connectivity index (χ2v) is 5.69. The van der Waals surface area contributed by atoms with Crippen LogP contribution in [0.4, 0.5) is 0 Å². The summed E-state index contributed by atoms with van der Waals surface area (Å²) in [6.07, 6.45) is 3.59. The van der Waals surface area contributed by atoms with E-state index < -0.39 is 11.4 Å². The Labute approximate surface area is 95.4 Å². The maximum Gasteiger partial charge on any atom is 0.310 e. The van der Waals surface area contributed by atoms with Crippen LogP contribution in [-0.2, 0) is 9.59 Å². The van der Waals surface area contributed by atoms with Crippen LogP contribution in [-0.4, -0.2) is 23.5 Å². The van der Waals surface area contributed by atoms with Crippen LogP contribution in [0.1, 0.15) is 33.1 Å². The van der Waals surface area contributed by atoms with Gasteiger partial charge in [0.2, 0.25) is 5.91 Å². The van der Waals surface area contributed by atoms with Gasteiger partial charge in [0.1, 0.15) is 0 Å². The van der Waals surface area contributed by atoms with Crippen LogP contribution in [0.25, 0.3) is 0 Å². The second-order valence-electron chi connectivity index (χ2n) is 5.69. The van der Waals surface area contributed by atoms with Gasteiger partial charge in [0.15, 0.2) is 0 Å². The van der Waals surface area contributed by atoms with E-state index in [9.17, 15) is 9.59 Å². The minimum absolute atomic E-state index is 0.0593. The number of carboxylic acids is 1. The van der Waals surface area contributed by atoms with Gasteiger partial charge in [-0.05, 0) is 38.5 Å². The number of carbonyl (C=O) groups excluding carboxylic acids is 1. The lowest BCUT2D eigenvalue weighted by molar-refractivity contribution is -0.146. The Bertz CT molecular complexity index is 314. The predicted octanol–water partition coefficient (Wildman–Crippen LogP) is 1.26. The lowest BCUT2D eigenvalue weighted by atomic mass is 9.94. The van der Waals surface area contributed by atoms with Gasteiger partial charge >= 0.3 is 5.97 Å². The first-order valence-corrected chi connectivity index (χ1v) is 5.94.